The van der Waals surface area contributed by atoms with Gasteiger partial charge in [0, 0.05) is 25.2 Å². The Morgan fingerprint density at radius 3 is 2.48 bits per heavy atom. The normalized spacial score (nSPS) is 20.3. The zero-order chi connectivity index (χ0) is 22.3. The number of aliphatic carboxylic acids is 1. The largest absolute Gasteiger partial charge is 0.481 e. The Morgan fingerprint density at radius 1 is 1.16 bits per heavy atom. The van der Waals surface area contributed by atoms with Gasteiger partial charge in [0.05, 0.1) is 21.5 Å². The van der Waals surface area contributed by atoms with Crippen LogP contribution in [0, 0.1) is 6.92 Å². The van der Waals surface area contributed by atoms with Crippen LogP contribution in [-0.4, -0.2) is 54.0 Å². The molecule has 3 aromatic rings. The molecule has 9 heteroatoms. The number of rotatable bonds is 5. The van der Waals surface area contributed by atoms with Crippen LogP contribution in [0.25, 0.3) is 10.2 Å². The lowest BCUT2D eigenvalue weighted by Crippen LogP contribution is -2.58. The molecule has 0 bridgehead atoms. The van der Waals surface area contributed by atoms with E-state index in [-0.39, 0.29) is 23.4 Å². The number of sulfonamides is 1. The van der Waals surface area contributed by atoms with E-state index >= 15 is 0 Å². The van der Waals surface area contributed by atoms with Crippen molar-refractivity contribution in [2.24, 2.45) is 0 Å². The molecular weight excluding hydrogens is 434 g/mol. The third kappa shape index (κ3) is 4.17. The van der Waals surface area contributed by atoms with Crippen LogP contribution in [0.1, 0.15) is 25.0 Å². The first-order valence-electron chi connectivity index (χ1n) is 10.1. The average molecular weight is 460 g/mol. The Labute approximate surface area is 186 Å². The summed E-state index contributed by atoms with van der Waals surface area (Å²) < 4.78 is 29.6. The number of hydrogen-bond acceptors (Lipinski definition) is 6. The van der Waals surface area contributed by atoms with E-state index in [1.807, 2.05) is 38.1 Å². The summed E-state index contributed by atoms with van der Waals surface area (Å²) in [5.41, 5.74) is 2.23. The quantitative estimate of drug-likeness (QED) is 0.628. The predicted octanol–water partition coefficient (Wildman–Crippen LogP) is 3.52. The van der Waals surface area contributed by atoms with Crippen LogP contribution >= 0.6 is 11.3 Å². The van der Waals surface area contributed by atoms with Gasteiger partial charge in [-0.1, -0.05) is 29.5 Å². The van der Waals surface area contributed by atoms with Gasteiger partial charge >= 0.3 is 5.97 Å². The molecule has 1 aliphatic heterocycles. The SMILES string of the molecule is Cc1ccc(S(=O)(=O)N2C(C)CN(c3nc4ccccc4s3)CC2C)cc1CC(=O)O. The van der Waals surface area contributed by atoms with Crippen LogP contribution in [0.3, 0.4) is 0 Å². The summed E-state index contributed by atoms with van der Waals surface area (Å²) in [6.45, 7) is 6.67. The van der Waals surface area contributed by atoms with Crippen molar-refractivity contribution in [3.8, 4) is 0 Å². The molecule has 0 radical (unpaired) electrons. The van der Waals surface area contributed by atoms with E-state index in [4.69, 9.17) is 10.1 Å². The summed E-state index contributed by atoms with van der Waals surface area (Å²) in [7, 11) is -3.77. The fraction of sp³-hybridized carbons (Fsp3) is 0.364. The van der Waals surface area contributed by atoms with E-state index in [2.05, 4.69) is 4.90 Å². The van der Waals surface area contributed by atoms with Crippen LogP contribution in [0.5, 0.6) is 0 Å². The highest BCUT2D eigenvalue weighted by atomic mass is 32.2. The Bertz CT molecular complexity index is 1190. The smallest absolute Gasteiger partial charge is 0.307 e. The van der Waals surface area contributed by atoms with E-state index in [1.54, 1.807) is 34.7 Å². The van der Waals surface area contributed by atoms with Crippen LogP contribution < -0.4 is 4.90 Å². The Kier molecular flexibility index (Phi) is 5.76. The van der Waals surface area contributed by atoms with Crippen molar-refractivity contribution in [3.63, 3.8) is 0 Å². The van der Waals surface area contributed by atoms with Crippen molar-refractivity contribution in [3.05, 3.63) is 53.6 Å². The first-order chi connectivity index (χ1) is 14.7. The first kappa shape index (κ1) is 21.7. The lowest BCUT2D eigenvalue weighted by Gasteiger charge is -2.43. The monoisotopic (exact) mass is 459 g/mol. The Balaban J connectivity index is 1.61. The van der Waals surface area contributed by atoms with Crippen LogP contribution in [0.15, 0.2) is 47.4 Å². The van der Waals surface area contributed by atoms with Crippen molar-refractivity contribution in [1.82, 2.24) is 9.29 Å². The standard InChI is InChI=1S/C22H25N3O4S2/c1-14-8-9-18(10-17(14)11-21(26)27)31(28,29)25-15(2)12-24(13-16(25)3)22-23-19-6-4-5-7-20(19)30-22/h4-10,15-16H,11-13H2,1-3H3,(H,26,27). The maximum absolute atomic E-state index is 13.5. The van der Waals surface area contributed by atoms with E-state index in [9.17, 15) is 13.2 Å². The van der Waals surface area contributed by atoms with Gasteiger partial charge < -0.3 is 10.0 Å². The third-order valence-electron chi connectivity index (χ3n) is 5.63. The van der Waals surface area contributed by atoms with Gasteiger partial charge in [0.2, 0.25) is 10.0 Å². The molecule has 0 saturated carbocycles. The fourth-order valence-corrected chi connectivity index (χ4v) is 7.06. The van der Waals surface area contributed by atoms with Gasteiger partial charge in [0.1, 0.15) is 0 Å². The molecule has 2 unspecified atom stereocenters. The number of carboxylic acid groups (broad SMARTS) is 1. The van der Waals surface area contributed by atoms with Crippen molar-refractivity contribution in [1.29, 1.82) is 0 Å². The molecule has 7 nitrogen and oxygen atoms in total. The van der Waals surface area contributed by atoms with Gasteiger partial charge in [0.25, 0.3) is 0 Å². The van der Waals surface area contributed by atoms with E-state index in [0.29, 0.717) is 18.7 Å². The zero-order valence-corrected chi connectivity index (χ0v) is 19.3. The molecule has 1 fully saturated rings. The second-order valence-corrected chi connectivity index (χ2v) is 10.9. The minimum absolute atomic E-state index is 0.140. The van der Waals surface area contributed by atoms with Gasteiger partial charge in [-0.25, -0.2) is 13.4 Å². The highest BCUT2D eigenvalue weighted by Crippen LogP contribution is 2.33. The molecule has 1 aliphatic rings. The topological polar surface area (TPSA) is 90.8 Å². The maximum Gasteiger partial charge on any atom is 0.307 e. The average Bonchev–Trinajstić information content (AvgIpc) is 3.13. The number of aromatic nitrogens is 1. The number of carboxylic acids is 1. The molecule has 1 saturated heterocycles. The molecule has 2 heterocycles. The van der Waals surface area contributed by atoms with Gasteiger partial charge in [-0.05, 0) is 56.2 Å². The molecule has 0 amide bonds. The Morgan fingerprint density at radius 2 is 1.84 bits per heavy atom. The van der Waals surface area contributed by atoms with Gasteiger partial charge in [0.15, 0.2) is 5.13 Å². The second kappa shape index (κ2) is 8.22. The van der Waals surface area contributed by atoms with Gasteiger partial charge in [-0.15, -0.1) is 0 Å². The lowest BCUT2D eigenvalue weighted by atomic mass is 10.1. The van der Waals surface area contributed by atoms with E-state index < -0.39 is 16.0 Å². The molecule has 1 N–H and O–H groups in total. The molecule has 1 aromatic heterocycles. The number of fused-ring (bicyclic) bond motifs is 1. The third-order valence-corrected chi connectivity index (χ3v) is 8.85. The summed E-state index contributed by atoms with van der Waals surface area (Å²) in [6.07, 6.45) is -0.203. The number of anilines is 1. The number of piperazine rings is 1. The number of aryl methyl sites for hydroxylation is 1. The molecule has 2 aromatic carbocycles. The zero-order valence-electron chi connectivity index (χ0n) is 17.6. The molecule has 2 atom stereocenters. The van der Waals surface area contributed by atoms with Crippen molar-refractivity contribution < 1.29 is 18.3 Å². The fourth-order valence-electron chi connectivity index (χ4n) is 4.22. The van der Waals surface area contributed by atoms with Crippen LogP contribution in [-0.2, 0) is 21.2 Å². The van der Waals surface area contributed by atoms with Crippen LogP contribution in [0.2, 0.25) is 0 Å². The second-order valence-electron chi connectivity index (χ2n) is 8.06. The maximum atomic E-state index is 13.5. The number of nitrogens with zero attached hydrogens (tertiary/aromatic N) is 3. The highest BCUT2D eigenvalue weighted by molar-refractivity contribution is 7.89. The number of carbonyl (C=O) groups is 1. The minimum Gasteiger partial charge on any atom is -0.481 e. The minimum atomic E-state index is -3.77. The number of benzene rings is 2. The summed E-state index contributed by atoms with van der Waals surface area (Å²) >= 11 is 1.61. The molecular formula is C22H25N3O4S2. The summed E-state index contributed by atoms with van der Waals surface area (Å²) in [4.78, 5) is 18.2. The van der Waals surface area contributed by atoms with Crippen molar-refractivity contribution >= 4 is 42.7 Å². The summed E-state index contributed by atoms with van der Waals surface area (Å²) in [6, 6.07) is 12.2. The molecule has 0 spiro atoms. The van der Waals surface area contributed by atoms with E-state index in [0.717, 1.165) is 20.9 Å². The lowest BCUT2D eigenvalue weighted by molar-refractivity contribution is -0.136. The van der Waals surface area contributed by atoms with Crippen molar-refractivity contribution in [2.75, 3.05) is 18.0 Å². The predicted molar refractivity (Wildman–Crippen MR) is 122 cm³/mol. The number of para-hydroxylation sites is 1. The number of thiazole rings is 1. The Hall–Kier alpha value is -2.49. The molecule has 4 rings (SSSR count). The highest BCUT2D eigenvalue weighted by Gasteiger charge is 2.39. The van der Waals surface area contributed by atoms with E-state index in [1.165, 1.54) is 6.07 Å². The molecule has 31 heavy (non-hydrogen) atoms. The number of hydrogen-bond donors (Lipinski definition) is 1. The van der Waals surface area contributed by atoms with Crippen LogP contribution in [0.4, 0.5) is 5.13 Å². The van der Waals surface area contributed by atoms with Crippen molar-refractivity contribution in [2.45, 2.75) is 44.2 Å². The van der Waals surface area contributed by atoms with Gasteiger partial charge in [-0.3, -0.25) is 4.79 Å². The molecule has 164 valence electrons. The van der Waals surface area contributed by atoms with Gasteiger partial charge in [-0.2, -0.15) is 4.31 Å². The first-order valence-corrected chi connectivity index (χ1v) is 12.4. The molecule has 0 aliphatic carbocycles. The summed E-state index contributed by atoms with van der Waals surface area (Å²) in [5.74, 6) is -0.983. The summed E-state index contributed by atoms with van der Waals surface area (Å²) in [5, 5.41) is 10.0.